The third-order valence-corrected chi connectivity index (χ3v) is 4.03. The van der Waals surface area contributed by atoms with E-state index in [0.29, 0.717) is 22.1 Å². The highest BCUT2D eigenvalue weighted by Crippen LogP contribution is 2.36. The first kappa shape index (κ1) is 15.9. The van der Waals surface area contributed by atoms with Crippen molar-refractivity contribution in [3.63, 3.8) is 0 Å². The molecule has 1 fully saturated rings. The monoisotopic (exact) mass is 312 g/mol. The minimum atomic E-state index is -0.132. The highest BCUT2D eigenvalue weighted by Gasteiger charge is 2.21. The lowest BCUT2D eigenvalue weighted by atomic mass is 10.0. The van der Waals surface area contributed by atoms with E-state index in [4.69, 9.17) is 21.1 Å². The van der Waals surface area contributed by atoms with Crippen LogP contribution in [0.3, 0.4) is 0 Å². The Morgan fingerprint density at radius 3 is 2.52 bits per heavy atom. The average molecular weight is 313 g/mol. The fraction of sp³-hybridized carbons (Fsp3) is 0.533. The van der Waals surface area contributed by atoms with Crippen LogP contribution in [0.1, 0.15) is 23.2 Å². The Kier molecular flexibility index (Phi) is 5.31. The Balaban J connectivity index is 2.10. The number of rotatable bonds is 4. The lowest BCUT2D eigenvalue weighted by Crippen LogP contribution is -2.43. The molecule has 21 heavy (non-hydrogen) atoms. The number of methoxy groups -OCH3 is 2. The molecule has 0 unspecified atom stereocenters. The fourth-order valence-corrected chi connectivity index (χ4v) is 2.76. The zero-order chi connectivity index (χ0) is 15.4. The lowest BCUT2D eigenvalue weighted by molar-refractivity contribution is 0.0916. The Labute approximate surface area is 130 Å². The summed E-state index contributed by atoms with van der Waals surface area (Å²) in [6, 6.07) is 3.46. The molecule has 5 nitrogen and oxygen atoms in total. The summed E-state index contributed by atoms with van der Waals surface area (Å²) in [4.78, 5) is 14.6. The van der Waals surface area contributed by atoms with Crippen molar-refractivity contribution in [3.8, 4) is 11.5 Å². The number of hydrogen-bond donors (Lipinski definition) is 1. The van der Waals surface area contributed by atoms with Gasteiger partial charge >= 0.3 is 0 Å². The molecule has 1 aliphatic heterocycles. The van der Waals surface area contributed by atoms with Crippen LogP contribution in [0.2, 0.25) is 5.02 Å². The van der Waals surface area contributed by atoms with E-state index in [1.165, 1.54) is 14.2 Å². The van der Waals surface area contributed by atoms with Crippen LogP contribution in [0.25, 0.3) is 0 Å². The molecule has 2 rings (SSSR count). The van der Waals surface area contributed by atoms with Gasteiger partial charge in [0.15, 0.2) is 11.5 Å². The predicted molar refractivity (Wildman–Crippen MR) is 82.5 cm³/mol. The van der Waals surface area contributed by atoms with Crippen molar-refractivity contribution in [2.75, 3.05) is 34.4 Å². The SMILES string of the molecule is COc1cc(C(=O)NC2CCN(C)CC2)cc(Cl)c1OC. The second kappa shape index (κ2) is 7.00. The summed E-state index contributed by atoms with van der Waals surface area (Å²) in [6.07, 6.45) is 1.92. The Morgan fingerprint density at radius 1 is 1.29 bits per heavy atom. The van der Waals surface area contributed by atoms with E-state index in [9.17, 15) is 4.79 Å². The molecule has 0 saturated carbocycles. The van der Waals surface area contributed by atoms with Crippen LogP contribution in [-0.4, -0.2) is 51.2 Å². The summed E-state index contributed by atoms with van der Waals surface area (Å²) < 4.78 is 10.4. The van der Waals surface area contributed by atoms with Gasteiger partial charge in [-0.2, -0.15) is 0 Å². The molecule has 1 aromatic rings. The molecule has 1 saturated heterocycles. The van der Waals surface area contributed by atoms with Gasteiger partial charge in [0.05, 0.1) is 19.2 Å². The number of ether oxygens (including phenoxy) is 2. The first-order chi connectivity index (χ1) is 10.0. The summed E-state index contributed by atoms with van der Waals surface area (Å²) in [5, 5.41) is 3.42. The minimum absolute atomic E-state index is 0.132. The molecule has 1 aliphatic rings. The molecule has 0 spiro atoms. The molecule has 0 radical (unpaired) electrons. The van der Waals surface area contributed by atoms with Gasteiger partial charge in [0.1, 0.15) is 0 Å². The first-order valence-corrected chi connectivity index (χ1v) is 7.34. The molecule has 6 heteroatoms. The minimum Gasteiger partial charge on any atom is -0.493 e. The molecule has 116 valence electrons. The number of hydrogen-bond acceptors (Lipinski definition) is 4. The maximum atomic E-state index is 12.3. The normalized spacial score (nSPS) is 16.6. The number of halogens is 1. The Bertz CT molecular complexity index is 514. The predicted octanol–water partition coefficient (Wildman–Crippen LogP) is 2.18. The summed E-state index contributed by atoms with van der Waals surface area (Å²) in [5.74, 6) is 0.765. The van der Waals surface area contributed by atoms with Crippen molar-refractivity contribution in [2.45, 2.75) is 18.9 Å². The number of nitrogens with one attached hydrogen (secondary N) is 1. The number of benzene rings is 1. The van der Waals surface area contributed by atoms with E-state index in [2.05, 4.69) is 17.3 Å². The van der Waals surface area contributed by atoms with E-state index in [0.717, 1.165) is 25.9 Å². The van der Waals surface area contributed by atoms with Crippen molar-refractivity contribution in [1.29, 1.82) is 0 Å². The van der Waals surface area contributed by atoms with E-state index in [-0.39, 0.29) is 11.9 Å². The van der Waals surface area contributed by atoms with E-state index >= 15 is 0 Å². The van der Waals surface area contributed by atoms with E-state index < -0.39 is 0 Å². The van der Waals surface area contributed by atoms with E-state index in [1.807, 2.05) is 0 Å². The van der Waals surface area contributed by atoms with Gasteiger partial charge in [-0.05, 0) is 45.1 Å². The zero-order valence-corrected chi connectivity index (χ0v) is 13.4. The average Bonchev–Trinajstić information content (AvgIpc) is 2.48. The van der Waals surface area contributed by atoms with Crippen LogP contribution in [0.4, 0.5) is 0 Å². The number of nitrogens with zero attached hydrogens (tertiary/aromatic N) is 1. The molecule has 0 aliphatic carbocycles. The van der Waals surface area contributed by atoms with Crippen LogP contribution >= 0.6 is 11.6 Å². The number of carbonyl (C=O) groups excluding carboxylic acids is 1. The molecule has 0 bridgehead atoms. The first-order valence-electron chi connectivity index (χ1n) is 6.96. The maximum Gasteiger partial charge on any atom is 0.251 e. The topological polar surface area (TPSA) is 50.8 Å². The third kappa shape index (κ3) is 3.80. The summed E-state index contributed by atoms with van der Waals surface area (Å²) in [6.45, 7) is 2.00. The van der Waals surface area contributed by atoms with Gasteiger partial charge in [0, 0.05) is 11.6 Å². The Morgan fingerprint density at radius 2 is 1.95 bits per heavy atom. The molecule has 0 aromatic heterocycles. The number of likely N-dealkylation sites (tertiary alicyclic amines) is 1. The highest BCUT2D eigenvalue weighted by atomic mass is 35.5. The number of carbonyl (C=O) groups is 1. The summed E-state index contributed by atoms with van der Waals surface area (Å²) in [7, 11) is 5.13. The molecule has 1 N–H and O–H groups in total. The summed E-state index contributed by atoms with van der Waals surface area (Å²) in [5.41, 5.74) is 0.483. The molecule has 0 atom stereocenters. The molecular weight excluding hydrogens is 292 g/mol. The van der Waals surface area contributed by atoms with Crippen molar-refractivity contribution in [2.24, 2.45) is 0 Å². The van der Waals surface area contributed by atoms with Crippen LogP contribution in [0.5, 0.6) is 11.5 Å². The van der Waals surface area contributed by atoms with Crippen LogP contribution in [-0.2, 0) is 0 Å². The quantitative estimate of drug-likeness (QED) is 0.926. The maximum absolute atomic E-state index is 12.3. The highest BCUT2D eigenvalue weighted by molar-refractivity contribution is 6.32. The number of piperidine rings is 1. The molecule has 1 heterocycles. The van der Waals surface area contributed by atoms with Gasteiger partial charge in [-0.25, -0.2) is 0 Å². The van der Waals surface area contributed by atoms with Crippen molar-refractivity contribution in [3.05, 3.63) is 22.7 Å². The van der Waals surface area contributed by atoms with Gasteiger partial charge in [0.2, 0.25) is 0 Å². The summed E-state index contributed by atoms with van der Waals surface area (Å²) >= 11 is 6.13. The van der Waals surface area contributed by atoms with Gasteiger partial charge in [-0.15, -0.1) is 0 Å². The second-order valence-electron chi connectivity index (χ2n) is 5.24. The second-order valence-corrected chi connectivity index (χ2v) is 5.65. The van der Waals surface area contributed by atoms with Gasteiger partial charge in [-0.1, -0.05) is 11.6 Å². The van der Waals surface area contributed by atoms with Crippen molar-refractivity contribution < 1.29 is 14.3 Å². The van der Waals surface area contributed by atoms with Crippen molar-refractivity contribution in [1.82, 2.24) is 10.2 Å². The van der Waals surface area contributed by atoms with Crippen LogP contribution < -0.4 is 14.8 Å². The molecule has 1 aromatic carbocycles. The van der Waals surface area contributed by atoms with Gasteiger partial charge < -0.3 is 19.7 Å². The fourth-order valence-electron chi connectivity index (χ4n) is 2.47. The van der Waals surface area contributed by atoms with Gasteiger partial charge in [0.25, 0.3) is 5.91 Å². The molecular formula is C15H21ClN2O3. The Hall–Kier alpha value is -1.46. The lowest BCUT2D eigenvalue weighted by Gasteiger charge is -2.29. The van der Waals surface area contributed by atoms with Gasteiger partial charge in [-0.3, -0.25) is 4.79 Å². The standard InChI is InChI=1S/C15H21ClN2O3/c1-18-6-4-11(5-7-18)17-15(19)10-8-12(16)14(21-3)13(9-10)20-2/h8-9,11H,4-7H2,1-3H3,(H,17,19). The third-order valence-electron chi connectivity index (χ3n) is 3.75. The van der Waals surface area contributed by atoms with E-state index in [1.54, 1.807) is 12.1 Å². The smallest absolute Gasteiger partial charge is 0.251 e. The van der Waals surface area contributed by atoms with Crippen molar-refractivity contribution >= 4 is 17.5 Å². The number of amides is 1. The molecule has 1 amide bonds. The van der Waals surface area contributed by atoms with Crippen LogP contribution in [0, 0.1) is 0 Å². The largest absolute Gasteiger partial charge is 0.493 e. The van der Waals surface area contributed by atoms with Crippen LogP contribution in [0.15, 0.2) is 12.1 Å². The zero-order valence-electron chi connectivity index (χ0n) is 12.6.